The molecule has 0 bridgehead atoms. The molecule has 0 aromatic carbocycles. The van der Waals surface area contributed by atoms with Crippen LogP contribution in [0.5, 0.6) is 0 Å². The summed E-state index contributed by atoms with van der Waals surface area (Å²) in [6, 6.07) is 5.14. The lowest BCUT2D eigenvalue weighted by atomic mass is 10.1. The van der Waals surface area contributed by atoms with Crippen LogP contribution in [0.2, 0.25) is 0 Å². The summed E-state index contributed by atoms with van der Waals surface area (Å²) in [6.45, 7) is 9.80. The first-order valence-electron chi connectivity index (χ1n) is 8.21. The minimum absolute atomic E-state index is 0.615. The fraction of sp³-hybridized carbons (Fsp3) is 0.706. The van der Waals surface area contributed by atoms with Gasteiger partial charge in [0.05, 0.1) is 0 Å². The van der Waals surface area contributed by atoms with E-state index >= 15 is 0 Å². The summed E-state index contributed by atoms with van der Waals surface area (Å²) < 4.78 is 0. The zero-order valence-corrected chi connectivity index (χ0v) is 13.3. The number of nitrogens with one attached hydrogen (secondary N) is 1. The van der Waals surface area contributed by atoms with Crippen molar-refractivity contribution in [2.24, 2.45) is 0 Å². The molecule has 1 fully saturated rings. The monoisotopic (exact) mass is 275 g/mol. The number of nitrogens with zero attached hydrogens (tertiary/aromatic N) is 2. The minimum Gasteiger partial charge on any atom is -0.354 e. The molecule has 1 aromatic rings. The van der Waals surface area contributed by atoms with Crippen molar-refractivity contribution in [1.29, 1.82) is 0 Å². The molecule has 2 rings (SSSR count). The van der Waals surface area contributed by atoms with Gasteiger partial charge in [0.2, 0.25) is 0 Å². The second-order valence-corrected chi connectivity index (χ2v) is 5.85. The molecule has 3 nitrogen and oxygen atoms in total. The lowest BCUT2D eigenvalue weighted by Gasteiger charge is -2.29. The molecule has 1 aromatic heterocycles. The van der Waals surface area contributed by atoms with Crippen molar-refractivity contribution in [3.05, 3.63) is 23.4 Å². The van der Waals surface area contributed by atoms with Gasteiger partial charge in [-0.15, -0.1) is 0 Å². The average molecular weight is 275 g/mol. The lowest BCUT2D eigenvalue weighted by molar-refractivity contribution is 0.609. The summed E-state index contributed by atoms with van der Waals surface area (Å²) in [6.07, 6.45) is 6.31. The van der Waals surface area contributed by atoms with Gasteiger partial charge in [0.25, 0.3) is 0 Å². The van der Waals surface area contributed by atoms with Gasteiger partial charge in [-0.1, -0.05) is 26.7 Å². The van der Waals surface area contributed by atoms with Crippen LogP contribution in [-0.4, -0.2) is 24.1 Å². The Morgan fingerprint density at radius 1 is 1.25 bits per heavy atom. The molecule has 1 aliphatic heterocycles. The quantitative estimate of drug-likeness (QED) is 0.891. The summed E-state index contributed by atoms with van der Waals surface area (Å²) >= 11 is 0. The van der Waals surface area contributed by atoms with E-state index in [4.69, 9.17) is 4.98 Å². The summed E-state index contributed by atoms with van der Waals surface area (Å²) in [5.41, 5.74) is 2.58. The molecule has 3 heteroatoms. The third kappa shape index (κ3) is 3.95. The molecule has 0 amide bonds. The van der Waals surface area contributed by atoms with Crippen LogP contribution in [0, 0.1) is 0 Å². The molecule has 1 aliphatic rings. The van der Waals surface area contributed by atoms with E-state index in [0.717, 1.165) is 26.1 Å². The van der Waals surface area contributed by atoms with E-state index in [1.165, 1.54) is 42.8 Å². The van der Waals surface area contributed by atoms with Crippen LogP contribution in [0.1, 0.15) is 57.7 Å². The first-order valence-corrected chi connectivity index (χ1v) is 8.21. The summed E-state index contributed by atoms with van der Waals surface area (Å²) in [4.78, 5) is 7.39. The molecule has 0 spiro atoms. The Labute approximate surface area is 123 Å². The number of hydrogen-bond acceptors (Lipinski definition) is 3. The molecular formula is C17H29N3. The van der Waals surface area contributed by atoms with Crippen LogP contribution in [-0.2, 0) is 13.0 Å². The predicted molar refractivity (Wildman–Crippen MR) is 86.3 cm³/mol. The van der Waals surface area contributed by atoms with E-state index in [2.05, 4.69) is 43.1 Å². The molecule has 1 saturated heterocycles. The maximum Gasteiger partial charge on any atom is 0.129 e. The van der Waals surface area contributed by atoms with Crippen LogP contribution in [0.3, 0.4) is 0 Å². The Bertz CT molecular complexity index is 417. The predicted octanol–water partition coefficient (Wildman–Crippen LogP) is 3.52. The first kappa shape index (κ1) is 15.3. The van der Waals surface area contributed by atoms with Gasteiger partial charge in [-0.05, 0) is 50.4 Å². The van der Waals surface area contributed by atoms with Gasteiger partial charge in [-0.2, -0.15) is 0 Å². The SMILES string of the molecule is CCNCc1cc(CC)nc(N2CCCCCC2C)c1. The van der Waals surface area contributed by atoms with E-state index in [9.17, 15) is 0 Å². The molecule has 0 aliphatic carbocycles. The van der Waals surface area contributed by atoms with E-state index in [0.29, 0.717) is 6.04 Å². The van der Waals surface area contributed by atoms with E-state index < -0.39 is 0 Å². The van der Waals surface area contributed by atoms with Crippen molar-refractivity contribution in [2.45, 2.75) is 65.5 Å². The Hall–Kier alpha value is -1.09. The van der Waals surface area contributed by atoms with Gasteiger partial charge in [-0.3, -0.25) is 0 Å². The highest BCUT2D eigenvalue weighted by Gasteiger charge is 2.19. The van der Waals surface area contributed by atoms with Crippen molar-refractivity contribution in [3.8, 4) is 0 Å². The topological polar surface area (TPSA) is 28.2 Å². The highest BCUT2D eigenvalue weighted by molar-refractivity contribution is 5.44. The highest BCUT2D eigenvalue weighted by atomic mass is 15.2. The molecule has 0 saturated carbocycles. The second kappa shape index (κ2) is 7.63. The van der Waals surface area contributed by atoms with E-state index in [1.807, 2.05) is 0 Å². The number of rotatable bonds is 5. The third-order valence-corrected chi connectivity index (χ3v) is 4.21. The number of hydrogen-bond donors (Lipinski definition) is 1. The van der Waals surface area contributed by atoms with Crippen LogP contribution in [0.25, 0.3) is 0 Å². The largest absolute Gasteiger partial charge is 0.354 e. The normalized spacial score (nSPS) is 19.9. The maximum atomic E-state index is 4.87. The van der Waals surface area contributed by atoms with Crippen LogP contribution < -0.4 is 10.2 Å². The second-order valence-electron chi connectivity index (χ2n) is 5.85. The average Bonchev–Trinajstić information content (AvgIpc) is 2.69. The van der Waals surface area contributed by atoms with Gasteiger partial charge in [0, 0.05) is 24.8 Å². The third-order valence-electron chi connectivity index (χ3n) is 4.21. The van der Waals surface area contributed by atoms with Gasteiger partial charge in [0.15, 0.2) is 0 Å². The Morgan fingerprint density at radius 2 is 2.10 bits per heavy atom. The number of pyridine rings is 1. The highest BCUT2D eigenvalue weighted by Crippen LogP contribution is 2.24. The van der Waals surface area contributed by atoms with Crippen LogP contribution >= 0.6 is 0 Å². The molecule has 112 valence electrons. The Balaban J connectivity index is 2.23. The van der Waals surface area contributed by atoms with Crippen molar-refractivity contribution in [1.82, 2.24) is 10.3 Å². The minimum atomic E-state index is 0.615. The summed E-state index contributed by atoms with van der Waals surface area (Å²) in [5, 5.41) is 3.42. The number of aryl methyl sites for hydroxylation is 1. The molecule has 1 N–H and O–H groups in total. The summed E-state index contributed by atoms with van der Waals surface area (Å²) in [7, 11) is 0. The van der Waals surface area contributed by atoms with Crippen molar-refractivity contribution < 1.29 is 0 Å². The van der Waals surface area contributed by atoms with Crippen LogP contribution in [0.4, 0.5) is 5.82 Å². The van der Waals surface area contributed by atoms with Crippen molar-refractivity contribution in [3.63, 3.8) is 0 Å². The molecular weight excluding hydrogens is 246 g/mol. The first-order chi connectivity index (χ1) is 9.74. The fourth-order valence-corrected chi connectivity index (χ4v) is 2.95. The molecule has 1 unspecified atom stereocenters. The molecule has 1 atom stereocenters. The van der Waals surface area contributed by atoms with Gasteiger partial charge >= 0.3 is 0 Å². The lowest BCUT2D eigenvalue weighted by Crippen LogP contribution is -2.33. The smallest absolute Gasteiger partial charge is 0.129 e. The molecule has 20 heavy (non-hydrogen) atoms. The standard InChI is InChI=1S/C17H29N3/c1-4-16-11-15(13-18-5-2)12-17(19-16)20-10-8-6-7-9-14(20)3/h11-12,14,18H,4-10,13H2,1-3H3. The number of anilines is 1. The fourth-order valence-electron chi connectivity index (χ4n) is 2.95. The maximum absolute atomic E-state index is 4.87. The van der Waals surface area contributed by atoms with E-state index in [-0.39, 0.29) is 0 Å². The zero-order chi connectivity index (χ0) is 14.4. The molecule has 2 heterocycles. The summed E-state index contributed by atoms with van der Waals surface area (Å²) in [5.74, 6) is 1.19. The van der Waals surface area contributed by atoms with Crippen molar-refractivity contribution >= 4 is 5.82 Å². The Kier molecular flexibility index (Phi) is 5.84. The van der Waals surface area contributed by atoms with Crippen molar-refractivity contribution in [2.75, 3.05) is 18.0 Å². The number of aromatic nitrogens is 1. The molecule has 0 radical (unpaired) electrons. The van der Waals surface area contributed by atoms with E-state index in [1.54, 1.807) is 0 Å². The Morgan fingerprint density at radius 3 is 2.85 bits per heavy atom. The zero-order valence-electron chi connectivity index (χ0n) is 13.3. The van der Waals surface area contributed by atoms with Crippen LogP contribution in [0.15, 0.2) is 12.1 Å². The van der Waals surface area contributed by atoms with Gasteiger partial charge in [0.1, 0.15) is 5.82 Å². The van der Waals surface area contributed by atoms with Gasteiger partial charge < -0.3 is 10.2 Å². The van der Waals surface area contributed by atoms with Gasteiger partial charge in [-0.25, -0.2) is 4.98 Å².